The molecule has 0 aliphatic carbocycles. The third-order valence-electron chi connectivity index (χ3n) is 2.22. The quantitative estimate of drug-likeness (QED) is 0.664. The topological polar surface area (TPSA) is 13.1 Å². The first-order chi connectivity index (χ1) is 5.95. The second kappa shape index (κ2) is 3.25. The van der Waals surface area contributed by atoms with Crippen LogP contribution in [0.2, 0.25) is 0 Å². The van der Waals surface area contributed by atoms with Crippen molar-refractivity contribution in [3.8, 4) is 0 Å². The van der Waals surface area contributed by atoms with Gasteiger partial charge in [-0.05, 0) is 50.0 Å². The van der Waals surface area contributed by atoms with Crippen LogP contribution in [0.3, 0.4) is 0 Å². The van der Waals surface area contributed by atoms with Gasteiger partial charge in [-0.3, -0.25) is 0 Å². The highest BCUT2D eigenvalue weighted by atomic mass is 16.3. The number of allylic oxidation sites excluding steroid dienone is 2. The summed E-state index contributed by atoms with van der Waals surface area (Å²) in [6.07, 6.45) is 0. The van der Waals surface area contributed by atoms with Gasteiger partial charge in [-0.15, -0.1) is 0 Å². The maximum atomic E-state index is 5.67. The summed E-state index contributed by atoms with van der Waals surface area (Å²) < 4.78 is 5.67. The fourth-order valence-electron chi connectivity index (χ4n) is 1.41. The van der Waals surface area contributed by atoms with E-state index in [0.29, 0.717) is 0 Å². The van der Waals surface area contributed by atoms with Crippen molar-refractivity contribution < 1.29 is 4.42 Å². The van der Waals surface area contributed by atoms with Crippen LogP contribution in [0.15, 0.2) is 17.6 Å². The molecule has 1 rings (SSSR count). The van der Waals surface area contributed by atoms with Gasteiger partial charge in [0.05, 0.1) is 0 Å². The normalized spacial score (nSPS) is 10.2. The molecule has 1 heterocycles. The van der Waals surface area contributed by atoms with E-state index in [0.717, 1.165) is 22.7 Å². The summed E-state index contributed by atoms with van der Waals surface area (Å²) in [5.41, 5.74) is 4.28. The largest absolute Gasteiger partial charge is 0.456 e. The van der Waals surface area contributed by atoms with Gasteiger partial charge in [0.2, 0.25) is 0 Å². The minimum Gasteiger partial charge on any atom is -0.456 e. The Bertz CT molecular complexity index is 332. The van der Waals surface area contributed by atoms with E-state index in [2.05, 4.69) is 27.0 Å². The highest BCUT2D eigenvalue weighted by Gasteiger charge is 2.13. The molecule has 0 aliphatic rings. The second-order valence-electron chi connectivity index (χ2n) is 3.57. The van der Waals surface area contributed by atoms with E-state index in [1.165, 1.54) is 11.1 Å². The van der Waals surface area contributed by atoms with Crippen LogP contribution in [-0.4, -0.2) is 0 Å². The summed E-state index contributed by atoms with van der Waals surface area (Å²) in [4.78, 5) is 0. The summed E-state index contributed by atoms with van der Waals surface area (Å²) in [5.74, 6) is 1.80. The fourth-order valence-corrected chi connectivity index (χ4v) is 1.41. The molecule has 0 fully saturated rings. The highest BCUT2D eigenvalue weighted by molar-refractivity contribution is 5.68. The van der Waals surface area contributed by atoms with Crippen LogP contribution in [0.25, 0.3) is 11.1 Å². The average Bonchev–Trinajstić information content (AvgIpc) is 2.29. The van der Waals surface area contributed by atoms with Crippen LogP contribution in [0.5, 0.6) is 0 Å². The zero-order valence-corrected chi connectivity index (χ0v) is 8.82. The smallest absolute Gasteiger partial charge is 0.133 e. The third-order valence-corrected chi connectivity index (χ3v) is 2.22. The Morgan fingerprint density at radius 2 is 1.23 bits per heavy atom. The van der Waals surface area contributed by atoms with Gasteiger partial charge in [-0.25, -0.2) is 0 Å². The molecule has 0 bridgehead atoms. The molecule has 0 radical (unpaired) electrons. The molecule has 1 aromatic heterocycles. The van der Waals surface area contributed by atoms with Gasteiger partial charge >= 0.3 is 0 Å². The lowest BCUT2D eigenvalue weighted by Crippen LogP contribution is -1.79. The Kier molecular flexibility index (Phi) is 2.46. The molecule has 70 valence electrons. The second-order valence-corrected chi connectivity index (χ2v) is 3.57. The summed E-state index contributed by atoms with van der Waals surface area (Å²) in [5, 5.41) is 0. The maximum absolute atomic E-state index is 5.67. The molecule has 0 saturated heterocycles. The van der Waals surface area contributed by atoms with Gasteiger partial charge in [0, 0.05) is 0 Å². The van der Waals surface area contributed by atoms with Crippen molar-refractivity contribution in [3.63, 3.8) is 0 Å². The lowest BCUT2D eigenvalue weighted by molar-refractivity contribution is 0.536. The van der Waals surface area contributed by atoms with Crippen molar-refractivity contribution in [1.29, 1.82) is 0 Å². The van der Waals surface area contributed by atoms with Crippen LogP contribution in [0.1, 0.15) is 36.5 Å². The van der Waals surface area contributed by atoms with Gasteiger partial charge in [0.1, 0.15) is 11.5 Å². The van der Waals surface area contributed by atoms with Crippen LogP contribution < -0.4 is 0 Å². The molecule has 0 aliphatic heterocycles. The Morgan fingerprint density at radius 3 is 1.38 bits per heavy atom. The van der Waals surface area contributed by atoms with E-state index < -0.39 is 0 Å². The Hall–Kier alpha value is -1.24. The first kappa shape index (κ1) is 9.85. The summed E-state index contributed by atoms with van der Waals surface area (Å²) >= 11 is 0. The van der Waals surface area contributed by atoms with Gasteiger partial charge in [0.25, 0.3) is 0 Å². The van der Waals surface area contributed by atoms with E-state index >= 15 is 0 Å². The Balaban J connectivity index is 3.36. The van der Waals surface area contributed by atoms with E-state index in [-0.39, 0.29) is 0 Å². The van der Waals surface area contributed by atoms with E-state index in [1.54, 1.807) is 0 Å². The Labute approximate surface area is 79.8 Å². The zero-order chi connectivity index (χ0) is 10.2. The maximum Gasteiger partial charge on any atom is 0.133 e. The van der Waals surface area contributed by atoms with Crippen molar-refractivity contribution >= 4 is 11.1 Å². The van der Waals surface area contributed by atoms with Gasteiger partial charge in [-0.2, -0.15) is 0 Å². The van der Waals surface area contributed by atoms with E-state index in [1.807, 2.05) is 13.8 Å². The molecule has 0 spiro atoms. The van der Waals surface area contributed by atoms with Gasteiger partial charge in [0.15, 0.2) is 0 Å². The molecule has 1 heteroatoms. The van der Waals surface area contributed by atoms with Crippen LogP contribution >= 0.6 is 0 Å². The Morgan fingerprint density at radius 1 is 0.923 bits per heavy atom. The first-order valence-corrected chi connectivity index (χ1v) is 4.37. The molecule has 1 nitrogen and oxygen atoms in total. The molecule has 0 N–H and O–H groups in total. The summed E-state index contributed by atoms with van der Waals surface area (Å²) in [6, 6.07) is 0. The number of furan rings is 1. The van der Waals surface area contributed by atoms with Crippen LogP contribution in [0.4, 0.5) is 0 Å². The lowest BCUT2D eigenvalue weighted by atomic mass is 10.1. The number of rotatable bonds is 2. The zero-order valence-electron chi connectivity index (χ0n) is 8.82. The lowest BCUT2D eigenvalue weighted by Gasteiger charge is -1.94. The van der Waals surface area contributed by atoms with Crippen molar-refractivity contribution in [2.75, 3.05) is 0 Å². The van der Waals surface area contributed by atoms with Crippen molar-refractivity contribution in [2.45, 2.75) is 27.7 Å². The van der Waals surface area contributed by atoms with Crippen molar-refractivity contribution in [3.05, 3.63) is 35.8 Å². The molecule has 0 aromatic carbocycles. The first-order valence-electron chi connectivity index (χ1n) is 4.37. The molecule has 13 heavy (non-hydrogen) atoms. The van der Waals surface area contributed by atoms with Gasteiger partial charge in [-0.1, -0.05) is 13.2 Å². The molecule has 0 atom stereocenters. The minimum atomic E-state index is 0.899. The van der Waals surface area contributed by atoms with Crippen LogP contribution in [0, 0.1) is 13.8 Å². The standard InChI is InChI=1S/C12H16O/c1-7(2)11-9(5)10(6)12(13-11)8(3)4/h1,3H2,2,4-6H3. The summed E-state index contributed by atoms with van der Waals surface area (Å²) in [6.45, 7) is 15.8. The summed E-state index contributed by atoms with van der Waals surface area (Å²) in [7, 11) is 0. The number of hydrogen-bond acceptors (Lipinski definition) is 1. The van der Waals surface area contributed by atoms with Crippen molar-refractivity contribution in [1.82, 2.24) is 0 Å². The molecule has 1 aromatic rings. The minimum absolute atomic E-state index is 0.899. The molecular formula is C12H16O. The van der Waals surface area contributed by atoms with Crippen LogP contribution in [-0.2, 0) is 0 Å². The number of hydrogen-bond donors (Lipinski definition) is 0. The molecule has 0 unspecified atom stereocenters. The highest BCUT2D eigenvalue weighted by Crippen LogP contribution is 2.29. The average molecular weight is 176 g/mol. The van der Waals surface area contributed by atoms with E-state index in [4.69, 9.17) is 4.42 Å². The van der Waals surface area contributed by atoms with Crippen molar-refractivity contribution in [2.24, 2.45) is 0 Å². The third kappa shape index (κ3) is 1.59. The molecule has 0 amide bonds. The molecular weight excluding hydrogens is 160 g/mol. The van der Waals surface area contributed by atoms with Gasteiger partial charge < -0.3 is 4.42 Å². The fraction of sp³-hybridized carbons (Fsp3) is 0.333. The molecule has 0 saturated carbocycles. The predicted molar refractivity (Wildman–Crippen MR) is 57.6 cm³/mol. The van der Waals surface area contributed by atoms with E-state index in [9.17, 15) is 0 Å². The predicted octanol–water partition coefficient (Wildman–Crippen LogP) is 3.96. The SMILES string of the molecule is C=C(C)c1oc(C(=C)C)c(C)c1C. The monoisotopic (exact) mass is 176 g/mol.